The number of fused-ring (bicyclic) bond motifs is 1. The molecule has 2 aromatic carbocycles. The van der Waals surface area contributed by atoms with Crippen molar-refractivity contribution in [2.75, 3.05) is 32.4 Å². The number of aromatic nitrogens is 2. The predicted molar refractivity (Wildman–Crippen MR) is 122 cm³/mol. The van der Waals surface area contributed by atoms with Gasteiger partial charge >= 0.3 is 0 Å². The van der Waals surface area contributed by atoms with Crippen LogP contribution in [-0.4, -0.2) is 42.8 Å². The first kappa shape index (κ1) is 21.1. The van der Waals surface area contributed by atoms with Gasteiger partial charge in [-0.05, 0) is 38.1 Å². The summed E-state index contributed by atoms with van der Waals surface area (Å²) in [5, 5.41) is 7.65. The fourth-order valence-corrected chi connectivity index (χ4v) is 5.04. The van der Waals surface area contributed by atoms with Gasteiger partial charge in [0.1, 0.15) is 5.82 Å². The Morgan fingerprint density at radius 3 is 2.35 bits per heavy atom. The summed E-state index contributed by atoms with van der Waals surface area (Å²) in [7, 11) is 4.78. The topological polar surface area (TPSA) is 74.6 Å². The van der Waals surface area contributed by atoms with Crippen molar-refractivity contribution in [3.8, 4) is 22.9 Å². The number of hydrogen-bond acceptors (Lipinski definition) is 6. The zero-order chi connectivity index (χ0) is 22.1. The number of amides is 1. The van der Waals surface area contributed by atoms with E-state index in [1.165, 1.54) is 11.8 Å². The highest BCUT2D eigenvalue weighted by Crippen LogP contribution is 2.50. The lowest BCUT2D eigenvalue weighted by molar-refractivity contribution is -0.113. The number of methoxy groups -OCH3 is 3. The Hall–Kier alpha value is -3.13. The third-order valence-corrected chi connectivity index (χ3v) is 6.56. The van der Waals surface area contributed by atoms with Gasteiger partial charge < -0.3 is 19.5 Å². The van der Waals surface area contributed by atoms with E-state index in [4.69, 9.17) is 19.3 Å². The van der Waals surface area contributed by atoms with E-state index in [-0.39, 0.29) is 11.2 Å². The minimum Gasteiger partial charge on any atom is -0.493 e. The number of ether oxygens (including phenoxy) is 3. The molecule has 1 atom stereocenters. The first-order valence-electron chi connectivity index (χ1n) is 9.85. The molecule has 31 heavy (non-hydrogen) atoms. The molecule has 4 rings (SSSR count). The smallest absolute Gasteiger partial charge is 0.235 e. The Bertz CT molecular complexity index is 1120. The average molecular weight is 440 g/mol. The highest BCUT2D eigenvalue weighted by Gasteiger charge is 2.33. The molecule has 1 aliphatic heterocycles. The third-order valence-electron chi connectivity index (χ3n) is 5.30. The van der Waals surface area contributed by atoms with Crippen LogP contribution >= 0.6 is 11.8 Å². The van der Waals surface area contributed by atoms with E-state index in [9.17, 15) is 4.79 Å². The van der Waals surface area contributed by atoms with Crippen LogP contribution in [0.25, 0.3) is 5.69 Å². The maximum Gasteiger partial charge on any atom is 0.235 e. The fourth-order valence-electron chi connectivity index (χ4n) is 3.83. The molecule has 7 nitrogen and oxygen atoms in total. The molecule has 3 aromatic rings. The van der Waals surface area contributed by atoms with Gasteiger partial charge in [-0.15, -0.1) is 11.8 Å². The highest BCUT2D eigenvalue weighted by atomic mass is 32.2. The van der Waals surface area contributed by atoms with Crippen LogP contribution in [0.5, 0.6) is 17.2 Å². The summed E-state index contributed by atoms with van der Waals surface area (Å²) < 4.78 is 18.6. The minimum atomic E-state index is -0.178. The molecule has 162 valence electrons. The van der Waals surface area contributed by atoms with Gasteiger partial charge in [0.2, 0.25) is 11.7 Å². The van der Waals surface area contributed by atoms with Crippen molar-refractivity contribution >= 4 is 23.5 Å². The van der Waals surface area contributed by atoms with Crippen molar-refractivity contribution in [1.29, 1.82) is 0 Å². The molecule has 8 heteroatoms. The van der Waals surface area contributed by atoms with Crippen molar-refractivity contribution < 1.29 is 19.0 Å². The normalized spacial score (nSPS) is 15.6. The molecular formula is C23H25N3O4S. The summed E-state index contributed by atoms with van der Waals surface area (Å²) in [6.45, 7) is 4.00. The first-order valence-corrected chi connectivity index (χ1v) is 10.9. The molecule has 1 N–H and O–H groups in total. The summed E-state index contributed by atoms with van der Waals surface area (Å²) >= 11 is 1.53. The molecule has 2 heterocycles. The molecule has 1 aliphatic rings. The van der Waals surface area contributed by atoms with Gasteiger partial charge in [0.15, 0.2) is 11.5 Å². The van der Waals surface area contributed by atoms with E-state index in [0.29, 0.717) is 28.8 Å². The number of nitrogens with zero attached hydrogens (tertiary/aromatic N) is 2. The molecular weight excluding hydrogens is 414 g/mol. The Morgan fingerprint density at radius 2 is 1.71 bits per heavy atom. The molecule has 0 bridgehead atoms. The Morgan fingerprint density at radius 1 is 1.00 bits per heavy atom. The molecule has 0 saturated carbocycles. The second-order valence-corrected chi connectivity index (χ2v) is 8.35. The van der Waals surface area contributed by atoms with Gasteiger partial charge in [0, 0.05) is 11.1 Å². The van der Waals surface area contributed by atoms with Gasteiger partial charge in [0.25, 0.3) is 0 Å². The summed E-state index contributed by atoms with van der Waals surface area (Å²) in [4.78, 5) is 12.6. The number of nitrogens with one attached hydrogen (secondary N) is 1. The van der Waals surface area contributed by atoms with E-state index < -0.39 is 0 Å². The monoisotopic (exact) mass is 439 g/mol. The zero-order valence-corrected chi connectivity index (χ0v) is 19.0. The third kappa shape index (κ3) is 3.72. The van der Waals surface area contributed by atoms with Crippen LogP contribution in [-0.2, 0) is 4.79 Å². The summed E-state index contributed by atoms with van der Waals surface area (Å²) in [6.07, 6.45) is 0. The molecule has 0 saturated heterocycles. The molecule has 1 amide bonds. The standard InChI is InChI=1S/C23H25N3O4S/c1-13-6-8-15(9-7-13)26-23-19(14(2)25-26)22(31-12-18(27)24-23)16-10-11-17(28-3)21(30-5)20(16)29-4/h6-11,22H,12H2,1-5H3,(H,24,27)/t22-/m1/s1. The summed E-state index contributed by atoms with van der Waals surface area (Å²) in [6, 6.07) is 11.9. The van der Waals surface area contributed by atoms with Crippen molar-refractivity contribution in [2.24, 2.45) is 0 Å². The van der Waals surface area contributed by atoms with Gasteiger partial charge in [-0.1, -0.05) is 17.7 Å². The van der Waals surface area contributed by atoms with E-state index in [0.717, 1.165) is 28.1 Å². The predicted octanol–water partition coefficient (Wildman–Crippen LogP) is 4.29. The van der Waals surface area contributed by atoms with Crippen molar-refractivity contribution in [2.45, 2.75) is 19.1 Å². The SMILES string of the molecule is COc1ccc([C@H]2SCC(=O)Nc3c2c(C)nn3-c2ccc(C)cc2)c(OC)c1OC. The first-order chi connectivity index (χ1) is 15.0. The number of thioether (sulfide) groups is 1. The van der Waals surface area contributed by atoms with Crippen LogP contribution in [0.1, 0.15) is 27.6 Å². The van der Waals surface area contributed by atoms with Gasteiger partial charge in [-0.3, -0.25) is 4.79 Å². The summed E-state index contributed by atoms with van der Waals surface area (Å²) in [5.74, 6) is 2.62. The van der Waals surface area contributed by atoms with E-state index >= 15 is 0 Å². The maximum atomic E-state index is 12.6. The number of anilines is 1. The minimum absolute atomic E-state index is 0.0681. The van der Waals surface area contributed by atoms with Crippen molar-refractivity contribution in [3.05, 3.63) is 58.8 Å². The van der Waals surface area contributed by atoms with Crippen LogP contribution in [0, 0.1) is 13.8 Å². The van der Waals surface area contributed by atoms with Crippen LogP contribution in [0.3, 0.4) is 0 Å². The average Bonchev–Trinajstić information content (AvgIpc) is 2.98. The lowest BCUT2D eigenvalue weighted by Crippen LogP contribution is -2.15. The highest BCUT2D eigenvalue weighted by molar-refractivity contribution is 8.00. The molecule has 0 radical (unpaired) electrons. The summed E-state index contributed by atoms with van der Waals surface area (Å²) in [5.41, 5.74) is 4.73. The van der Waals surface area contributed by atoms with Gasteiger partial charge in [-0.2, -0.15) is 5.10 Å². The van der Waals surface area contributed by atoms with Gasteiger partial charge in [-0.25, -0.2) is 4.68 Å². The lowest BCUT2D eigenvalue weighted by atomic mass is 10.0. The number of benzene rings is 2. The van der Waals surface area contributed by atoms with E-state index in [1.807, 2.05) is 50.2 Å². The lowest BCUT2D eigenvalue weighted by Gasteiger charge is -2.21. The number of hydrogen-bond donors (Lipinski definition) is 1. The van der Waals surface area contributed by atoms with Crippen LogP contribution in [0.2, 0.25) is 0 Å². The number of aryl methyl sites for hydroxylation is 2. The number of carbonyl (C=O) groups is 1. The van der Waals surface area contributed by atoms with E-state index in [2.05, 4.69) is 5.32 Å². The van der Waals surface area contributed by atoms with Crippen LogP contribution in [0.15, 0.2) is 36.4 Å². The zero-order valence-electron chi connectivity index (χ0n) is 18.2. The van der Waals surface area contributed by atoms with E-state index in [1.54, 1.807) is 26.0 Å². The number of carbonyl (C=O) groups excluding carboxylic acids is 1. The number of rotatable bonds is 5. The molecule has 1 aromatic heterocycles. The van der Waals surface area contributed by atoms with Crippen molar-refractivity contribution in [3.63, 3.8) is 0 Å². The van der Waals surface area contributed by atoms with Crippen LogP contribution < -0.4 is 19.5 Å². The Labute approximate surface area is 185 Å². The molecule has 0 fully saturated rings. The largest absolute Gasteiger partial charge is 0.493 e. The quantitative estimate of drug-likeness (QED) is 0.639. The molecule has 0 spiro atoms. The molecule has 0 aliphatic carbocycles. The fraction of sp³-hybridized carbons (Fsp3) is 0.304. The second kappa shape index (κ2) is 8.55. The maximum absolute atomic E-state index is 12.6. The van der Waals surface area contributed by atoms with Gasteiger partial charge in [0.05, 0.1) is 43.7 Å². The Kier molecular flexibility index (Phi) is 5.82. The molecule has 0 unspecified atom stereocenters. The Balaban J connectivity index is 1.92. The van der Waals surface area contributed by atoms with Crippen molar-refractivity contribution in [1.82, 2.24) is 9.78 Å². The second-order valence-electron chi connectivity index (χ2n) is 7.26. The van der Waals surface area contributed by atoms with Crippen LogP contribution in [0.4, 0.5) is 5.82 Å².